The number of fused-ring (bicyclic) bond motifs is 1. The molecule has 0 bridgehead atoms. The fourth-order valence-electron chi connectivity index (χ4n) is 3.19. The number of carbonyl (C=O) groups is 1. The third-order valence-electron chi connectivity index (χ3n) is 4.86. The van der Waals surface area contributed by atoms with Gasteiger partial charge in [-0.3, -0.25) is 4.79 Å². The Kier molecular flexibility index (Phi) is 5.62. The van der Waals surface area contributed by atoms with Crippen molar-refractivity contribution in [3.05, 3.63) is 77.5 Å². The van der Waals surface area contributed by atoms with Crippen molar-refractivity contribution in [3.8, 4) is 17.0 Å². The second-order valence-corrected chi connectivity index (χ2v) is 7.02. The fourth-order valence-corrected chi connectivity index (χ4v) is 3.19. The summed E-state index contributed by atoms with van der Waals surface area (Å²) < 4.78 is 37.7. The van der Waals surface area contributed by atoms with Crippen LogP contribution in [0.3, 0.4) is 0 Å². The molecule has 0 spiro atoms. The van der Waals surface area contributed by atoms with Crippen LogP contribution in [0.5, 0.6) is 5.75 Å². The maximum atomic E-state index is 13.7. The minimum Gasteiger partial charge on any atom is -0.489 e. The normalized spacial score (nSPS) is 11.0. The summed E-state index contributed by atoms with van der Waals surface area (Å²) in [6.45, 7) is 2.07. The number of halogens is 2. The zero-order chi connectivity index (χ0) is 22.0. The Balaban J connectivity index is 1.59. The Hall–Kier alpha value is -3.81. The molecule has 0 aliphatic heterocycles. The van der Waals surface area contributed by atoms with E-state index in [1.165, 1.54) is 29.2 Å². The van der Waals surface area contributed by atoms with Gasteiger partial charge in [0, 0.05) is 12.6 Å². The highest BCUT2D eigenvalue weighted by Gasteiger charge is 2.22. The van der Waals surface area contributed by atoms with Crippen molar-refractivity contribution in [2.45, 2.75) is 6.92 Å². The van der Waals surface area contributed by atoms with E-state index in [-0.39, 0.29) is 36.3 Å². The van der Waals surface area contributed by atoms with Gasteiger partial charge in [0.2, 0.25) is 0 Å². The molecular formula is C23H19F2N3O3. The summed E-state index contributed by atoms with van der Waals surface area (Å²) in [6.07, 6.45) is 0. The molecule has 2 aromatic carbocycles. The van der Waals surface area contributed by atoms with Crippen LogP contribution in [-0.4, -0.2) is 41.1 Å². The number of ether oxygens (including phenoxy) is 1. The van der Waals surface area contributed by atoms with Gasteiger partial charge in [-0.1, -0.05) is 17.3 Å². The lowest BCUT2D eigenvalue weighted by molar-refractivity contribution is 0.0774. The Morgan fingerprint density at radius 2 is 1.87 bits per heavy atom. The molecular weight excluding hydrogens is 404 g/mol. The number of pyridine rings is 1. The Morgan fingerprint density at radius 1 is 1.13 bits per heavy atom. The number of likely N-dealkylation sites (N-methyl/N-ethyl adjacent to an activating group) is 1. The van der Waals surface area contributed by atoms with Crippen LogP contribution in [0.15, 0.2) is 59.1 Å². The first-order valence-electron chi connectivity index (χ1n) is 9.60. The third-order valence-corrected chi connectivity index (χ3v) is 4.86. The average Bonchev–Trinajstić information content (AvgIpc) is 3.15. The lowest BCUT2D eigenvalue weighted by Crippen LogP contribution is -2.31. The minimum absolute atomic E-state index is 0.116. The highest BCUT2D eigenvalue weighted by molar-refractivity contribution is 6.06. The van der Waals surface area contributed by atoms with Gasteiger partial charge >= 0.3 is 0 Å². The standard InChI is InChI=1S/C23H19F2N3O3/c1-14-21-17(23(29)28(2)11-12-30-20-6-4-3-5-18(20)25)13-19(26-22(21)31-27-14)15-7-9-16(24)10-8-15/h3-10,13H,11-12H2,1-2H3. The number of carbonyl (C=O) groups excluding carboxylic acids is 1. The molecule has 2 aromatic heterocycles. The first-order chi connectivity index (χ1) is 14.9. The molecule has 0 radical (unpaired) electrons. The van der Waals surface area contributed by atoms with Crippen molar-refractivity contribution in [1.82, 2.24) is 15.0 Å². The topological polar surface area (TPSA) is 68.5 Å². The average molecular weight is 423 g/mol. The van der Waals surface area contributed by atoms with Crippen LogP contribution in [0.1, 0.15) is 16.1 Å². The predicted octanol–water partition coefficient (Wildman–Crippen LogP) is 4.63. The van der Waals surface area contributed by atoms with Crippen LogP contribution in [0.4, 0.5) is 8.78 Å². The van der Waals surface area contributed by atoms with Crippen molar-refractivity contribution in [2.75, 3.05) is 20.2 Å². The van der Waals surface area contributed by atoms with Crippen LogP contribution in [0, 0.1) is 18.6 Å². The minimum atomic E-state index is -0.462. The molecule has 2 heterocycles. The maximum absolute atomic E-state index is 13.7. The predicted molar refractivity (Wildman–Crippen MR) is 111 cm³/mol. The molecule has 0 atom stereocenters. The first kappa shape index (κ1) is 20.5. The summed E-state index contributed by atoms with van der Waals surface area (Å²) in [6, 6.07) is 13.5. The number of nitrogens with zero attached hydrogens (tertiary/aromatic N) is 3. The van der Waals surface area contributed by atoms with Gasteiger partial charge in [0.05, 0.1) is 28.9 Å². The van der Waals surface area contributed by atoms with Gasteiger partial charge in [0.15, 0.2) is 11.6 Å². The van der Waals surface area contributed by atoms with Gasteiger partial charge in [0.25, 0.3) is 11.6 Å². The monoisotopic (exact) mass is 423 g/mol. The fraction of sp³-hybridized carbons (Fsp3) is 0.174. The summed E-state index contributed by atoms with van der Waals surface area (Å²) in [4.78, 5) is 19.1. The van der Waals surface area contributed by atoms with E-state index in [0.29, 0.717) is 27.9 Å². The van der Waals surface area contributed by atoms with Crippen LogP contribution >= 0.6 is 0 Å². The molecule has 0 fully saturated rings. The lowest BCUT2D eigenvalue weighted by Gasteiger charge is -2.18. The van der Waals surface area contributed by atoms with Gasteiger partial charge < -0.3 is 14.2 Å². The second kappa shape index (κ2) is 8.51. The summed E-state index contributed by atoms with van der Waals surface area (Å²) in [5.74, 6) is -0.995. The first-order valence-corrected chi connectivity index (χ1v) is 9.60. The smallest absolute Gasteiger partial charge is 0.259 e. The lowest BCUT2D eigenvalue weighted by atomic mass is 10.0. The van der Waals surface area contributed by atoms with Crippen molar-refractivity contribution in [2.24, 2.45) is 0 Å². The molecule has 31 heavy (non-hydrogen) atoms. The van der Waals surface area contributed by atoms with E-state index in [1.54, 1.807) is 44.3 Å². The Morgan fingerprint density at radius 3 is 2.61 bits per heavy atom. The van der Waals surface area contributed by atoms with Gasteiger partial charge in [-0.05, 0) is 49.4 Å². The number of hydrogen-bond acceptors (Lipinski definition) is 5. The number of hydrogen-bond donors (Lipinski definition) is 0. The summed E-state index contributed by atoms with van der Waals surface area (Å²) in [7, 11) is 1.62. The quantitative estimate of drug-likeness (QED) is 0.452. The SMILES string of the molecule is Cc1noc2nc(-c3ccc(F)cc3)cc(C(=O)N(C)CCOc3ccccc3F)c12. The maximum Gasteiger partial charge on any atom is 0.259 e. The number of aryl methyl sites for hydroxylation is 1. The molecule has 0 aliphatic carbocycles. The number of aromatic nitrogens is 2. The highest BCUT2D eigenvalue weighted by atomic mass is 19.1. The van der Waals surface area contributed by atoms with Gasteiger partial charge in [-0.25, -0.2) is 13.8 Å². The Bertz CT molecular complexity index is 1240. The van der Waals surface area contributed by atoms with E-state index in [2.05, 4.69) is 10.1 Å². The van der Waals surface area contributed by atoms with Gasteiger partial charge in [-0.2, -0.15) is 0 Å². The molecule has 0 saturated carbocycles. The Labute approximate surface area is 177 Å². The van der Waals surface area contributed by atoms with E-state index >= 15 is 0 Å². The van der Waals surface area contributed by atoms with Crippen LogP contribution in [0.25, 0.3) is 22.4 Å². The van der Waals surface area contributed by atoms with E-state index in [4.69, 9.17) is 9.26 Å². The highest BCUT2D eigenvalue weighted by Crippen LogP contribution is 2.28. The number of para-hydroxylation sites is 1. The molecule has 158 valence electrons. The van der Waals surface area contributed by atoms with Crippen molar-refractivity contribution < 1.29 is 22.8 Å². The summed E-state index contributed by atoms with van der Waals surface area (Å²) >= 11 is 0. The van der Waals surface area contributed by atoms with Crippen LogP contribution in [0.2, 0.25) is 0 Å². The molecule has 4 aromatic rings. The number of amides is 1. The molecule has 6 nitrogen and oxygen atoms in total. The van der Waals surface area contributed by atoms with E-state index in [1.807, 2.05) is 0 Å². The van der Waals surface area contributed by atoms with Gasteiger partial charge in [-0.15, -0.1) is 0 Å². The zero-order valence-electron chi connectivity index (χ0n) is 16.9. The number of rotatable bonds is 6. The largest absolute Gasteiger partial charge is 0.489 e. The van der Waals surface area contributed by atoms with Crippen LogP contribution in [-0.2, 0) is 0 Å². The van der Waals surface area contributed by atoms with E-state index in [0.717, 1.165) is 0 Å². The molecule has 4 rings (SSSR count). The summed E-state index contributed by atoms with van der Waals surface area (Å²) in [5.41, 5.74) is 2.21. The van der Waals surface area contributed by atoms with E-state index in [9.17, 15) is 13.6 Å². The van der Waals surface area contributed by atoms with Crippen molar-refractivity contribution in [3.63, 3.8) is 0 Å². The third kappa shape index (κ3) is 4.23. The molecule has 8 heteroatoms. The number of benzene rings is 2. The summed E-state index contributed by atoms with van der Waals surface area (Å²) in [5, 5.41) is 4.44. The molecule has 0 N–H and O–H groups in total. The van der Waals surface area contributed by atoms with E-state index < -0.39 is 5.82 Å². The molecule has 1 amide bonds. The molecule has 0 aliphatic rings. The molecule has 0 unspecified atom stereocenters. The zero-order valence-corrected chi connectivity index (χ0v) is 16.9. The van der Waals surface area contributed by atoms with Crippen molar-refractivity contribution in [1.29, 1.82) is 0 Å². The second-order valence-electron chi connectivity index (χ2n) is 7.02. The van der Waals surface area contributed by atoms with Crippen molar-refractivity contribution >= 4 is 17.0 Å². The van der Waals surface area contributed by atoms with Gasteiger partial charge in [0.1, 0.15) is 12.4 Å². The van der Waals surface area contributed by atoms with Crippen LogP contribution < -0.4 is 4.74 Å². The molecule has 0 saturated heterocycles.